The van der Waals surface area contributed by atoms with Crippen LogP contribution >= 0.6 is 11.3 Å². The van der Waals surface area contributed by atoms with Crippen molar-refractivity contribution in [3.8, 4) is 11.4 Å². The van der Waals surface area contributed by atoms with Crippen molar-refractivity contribution in [2.45, 2.75) is 6.61 Å². The molecule has 4 aromatic rings. The Morgan fingerprint density at radius 3 is 3.00 bits per heavy atom. The van der Waals surface area contributed by atoms with Gasteiger partial charge in [0.25, 0.3) is 0 Å². The first-order valence-corrected chi connectivity index (χ1v) is 6.87. The highest BCUT2D eigenvalue weighted by atomic mass is 32.1. The lowest BCUT2D eigenvalue weighted by Crippen LogP contribution is -1.80. The maximum absolute atomic E-state index is 9.18. The summed E-state index contributed by atoms with van der Waals surface area (Å²) in [5.41, 5.74) is 4.99. The van der Waals surface area contributed by atoms with Crippen molar-refractivity contribution in [1.82, 2.24) is 15.2 Å². The molecule has 94 valence electrons. The summed E-state index contributed by atoms with van der Waals surface area (Å²) in [5, 5.41) is 19.7. The summed E-state index contributed by atoms with van der Waals surface area (Å²) in [5.74, 6) is 0. The molecular formula is C14H11N3OS. The molecule has 0 aliphatic carbocycles. The predicted octanol–water partition coefficient (Wildman–Crippen LogP) is 3.27. The number of nitrogens with zero attached hydrogens (tertiary/aromatic N) is 1. The number of aliphatic hydroxyl groups excluding tert-OH is 1. The SMILES string of the molecule is OCc1ccc2[nH]c(-c3n[nH]c4ccsc34)cc2c1. The Hall–Kier alpha value is -2.11. The molecule has 4 nitrogen and oxygen atoms in total. The Balaban J connectivity index is 1.93. The van der Waals surface area contributed by atoms with Gasteiger partial charge in [0.1, 0.15) is 5.69 Å². The van der Waals surface area contributed by atoms with Crippen LogP contribution in [0.3, 0.4) is 0 Å². The van der Waals surface area contributed by atoms with Crippen LogP contribution in [0.4, 0.5) is 0 Å². The van der Waals surface area contributed by atoms with Crippen LogP contribution in [0.2, 0.25) is 0 Å². The van der Waals surface area contributed by atoms with Gasteiger partial charge in [0.05, 0.1) is 22.5 Å². The van der Waals surface area contributed by atoms with E-state index in [1.807, 2.05) is 24.3 Å². The molecule has 4 rings (SSSR count). The van der Waals surface area contributed by atoms with E-state index in [1.54, 1.807) is 11.3 Å². The number of rotatable bonds is 2. The molecule has 19 heavy (non-hydrogen) atoms. The number of thiophene rings is 1. The number of aromatic nitrogens is 3. The maximum Gasteiger partial charge on any atom is 0.126 e. The molecule has 0 bridgehead atoms. The third-order valence-corrected chi connectivity index (χ3v) is 4.21. The summed E-state index contributed by atoms with van der Waals surface area (Å²) in [7, 11) is 0. The number of aromatic amines is 2. The van der Waals surface area contributed by atoms with E-state index in [4.69, 9.17) is 0 Å². The van der Waals surface area contributed by atoms with Crippen molar-refractivity contribution in [3.63, 3.8) is 0 Å². The zero-order chi connectivity index (χ0) is 12.8. The van der Waals surface area contributed by atoms with Crippen LogP contribution in [0.15, 0.2) is 35.7 Å². The van der Waals surface area contributed by atoms with Gasteiger partial charge in [0.2, 0.25) is 0 Å². The minimum atomic E-state index is 0.0635. The molecular weight excluding hydrogens is 258 g/mol. The lowest BCUT2D eigenvalue weighted by atomic mass is 10.1. The van der Waals surface area contributed by atoms with Gasteiger partial charge in [-0.25, -0.2) is 0 Å². The number of fused-ring (bicyclic) bond motifs is 2. The van der Waals surface area contributed by atoms with Crippen LogP contribution in [-0.2, 0) is 6.61 Å². The van der Waals surface area contributed by atoms with E-state index in [9.17, 15) is 5.11 Å². The summed E-state index contributed by atoms with van der Waals surface area (Å²) < 4.78 is 1.16. The molecule has 0 saturated carbocycles. The predicted molar refractivity (Wildman–Crippen MR) is 77.2 cm³/mol. The number of hydrogen-bond donors (Lipinski definition) is 3. The molecule has 0 radical (unpaired) electrons. The molecule has 0 spiro atoms. The number of hydrogen-bond acceptors (Lipinski definition) is 3. The first-order chi connectivity index (χ1) is 9.35. The Morgan fingerprint density at radius 2 is 2.11 bits per heavy atom. The van der Waals surface area contributed by atoms with E-state index in [0.717, 1.165) is 38.1 Å². The van der Waals surface area contributed by atoms with Crippen LogP contribution < -0.4 is 0 Å². The first kappa shape index (κ1) is 10.8. The molecule has 3 heterocycles. The summed E-state index contributed by atoms with van der Waals surface area (Å²) in [6, 6.07) is 10.0. The molecule has 0 atom stereocenters. The van der Waals surface area contributed by atoms with Gasteiger partial charge < -0.3 is 10.1 Å². The van der Waals surface area contributed by atoms with Gasteiger partial charge >= 0.3 is 0 Å². The quantitative estimate of drug-likeness (QED) is 0.523. The van der Waals surface area contributed by atoms with Crippen molar-refractivity contribution in [3.05, 3.63) is 41.3 Å². The maximum atomic E-state index is 9.18. The number of benzene rings is 1. The van der Waals surface area contributed by atoms with E-state index in [-0.39, 0.29) is 6.61 Å². The zero-order valence-corrected chi connectivity index (χ0v) is 10.8. The average Bonchev–Trinajstić information content (AvgIpc) is 3.11. The number of aliphatic hydroxyl groups is 1. The van der Waals surface area contributed by atoms with Gasteiger partial charge in [-0.3, -0.25) is 5.10 Å². The Morgan fingerprint density at radius 1 is 1.16 bits per heavy atom. The summed E-state index contributed by atoms with van der Waals surface area (Å²) >= 11 is 1.68. The molecule has 3 aromatic heterocycles. The molecule has 1 aromatic carbocycles. The van der Waals surface area contributed by atoms with Gasteiger partial charge in [-0.15, -0.1) is 11.3 Å². The standard InChI is InChI=1S/C14H11N3OS/c18-7-8-1-2-10-9(5-8)6-12(15-10)13-14-11(16-17-13)3-4-19-14/h1-6,15,18H,7H2,(H,16,17). The summed E-state index contributed by atoms with van der Waals surface area (Å²) in [4.78, 5) is 3.37. The van der Waals surface area contributed by atoms with E-state index in [1.165, 1.54) is 0 Å². The van der Waals surface area contributed by atoms with Gasteiger partial charge in [-0.1, -0.05) is 6.07 Å². The Bertz CT molecular complexity index is 871. The average molecular weight is 269 g/mol. The second-order valence-electron chi connectivity index (χ2n) is 4.50. The van der Waals surface area contributed by atoms with Crippen LogP contribution in [0.1, 0.15) is 5.56 Å². The molecule has 0 aliphatic rings. The fourth-order valence-electron chi connectivity index (χ4n) is 2.34. The second-order valence-corrected chi connectivity index (χ2v) is 5.41. The van der Waals surface area contributed by atoms with E-state index < -0.39 is 0 Å². The minimum absolute atomic E-state index is 0.0635. The smallest absolute Gasteiger partial charge is 0.126 e. The Labute approximate surface area is 112 Å². The van der Waals surface area contributed by atoms with Gasteiger partial charge in [-0.05, 0) is 35.2 Å². The fourth-order valence-corrected chi connectivity index (χ4v) is 3.19. The van der Waals surface area contributed by atoms with Crippen LogP contribution in [-0.4, -0.2) is 20.3 Å². The van der Waals surface area contributed by atoms with E-state index in [2.05, 4.69) is 26.6 Å². The minimum Gasteiger partial charge on any atom is -0.392 e. The van der Waals surface area contributed by atoms with Crippen LogP contribution in [0.5, 0.6) is 0 Å². The molecule has 0 aliphatic heterocycles. The fraction of sp³-hybridized carbons (Fsp3) is 0.0714. The van der Waals surface area contributed by atoms with E-state index >= 15 is 0 Å². The lowest BCUT2D eigenvalue weighted by Gasteiger charge is -1.94. The topological polar surface area (TPSA) is 64.7 Å². The van der Waals surface area contributed by atoms with Crippen molar-refractivity contribution in [1.29, 1.82) is 0 Å². The van der Waals surface area contributed by atoms with Crippen molar-refractivity contribution in [2.75, 3.05) is 0 Å². The molecule has 0 fully saturated rings. The van der Waals surface area contributed by atoms with Gasteiger partial charge in [-0.2, -0.15) is 5.10 Å². The first-order valence-electron chi connectivity index (χ1n) is 5.99. The van der Waals surface area contributed by atoms with Crippen molar-refractivity contribution < 1.29 is 5.11 Å². The third kappa shape index (κ3) is 1.59. The largest absolute Gasteiger partial charge is 0.392 e. The number of H-pyrrole nitrogens is 2. The van der Waals surface area contributed by atoms with E-state index in [0.29, 0.717) is 0 Å². The van der Waals surface area contributed by atoms with Gasteiger partial charge in [0.15, 0.2) is 0 Å². The highest BCUT2D eigenvalue weighted by Crippen LogP contribution is 2.31. The highest BCUT2D eigenvalue weighted by molar-refractivity contribution is 7.17. The molecule has 0 saturated heterocycles. The molecule has 0 unspecified atom stereocenters. The normalized spacial score (nSPS) is 11.6. The van der Waals surface area contributed by atoms with Crippen LogP contribution in [0, 0.1) is 0 Å². The monoisotopic (exact) mass is 269 g/mol. The van der Waals surface area contributed by atoms with Crippen molar-refractivity contribution >= 4 is 32.5 Å². The lowest BCUT2D eigenvalue weighted by molar-refractivity contribution is 0.282. The zero-order valence-electron chi connectivity index (χ0n) is 9.97. The summed E-state index contributed by atoms with van der Waals surface area (Å²) in [6.45, 7) is 0.0635. The summed E-state index contributed by atoms with van der Waals surface area (Å²) in [6.07, 6.45) is 0. The van der Waals surface area contributed by atoms with Gasteiger partial charge in [0, 0.05) is 10.9 Å². The highest BCUT2D eigenvalue weighted by Gasteiger charge is 2.11. The van der Waals surface area contributed by atoms with Crippen molar-refractivity contribution in [2.24, 2.45) is 0 Å². The molecule has 0 amide bonds. The molecule has 5 heteroatoms. The Kier molecular flexibility index (Phi) is 2.24. The second kappa shape index (κ2) is 3.94. The number of nitrogens with one attached hydrogen (secondary N) is 2. The third-order valence-electron chi connectivity index (χ3n) is 3.29. The van der Waals surface area contributed by atoms with Crippen LogP contribution in [0.25, 0.3) is 32.5 Å². The molecule has 3 N–H and O–H groups in total.